The van der Waals surface area contributed by atoms with Crippen molar-refractivity contribution in [2.24, 2.45) is 0 Å². The van der Waals surface area contributed by atoms with E-state index in [2.05, 4.69) is 5.32 Å². The molecule has 43 heavy (non-hydrogen) atoms. The van der Waals surface area contributed by atoms with Crippen LogP contribution in [0.25, 0.3) is 23.0 Å². The van der Waals surface area contributed by atoms with Gasteiger partial charge in [0.1, 0.15) is 23.1 Å². The Labute approximate surface area is 252 Å². The Bertz CT molecular complexity index is 1750. The molecule has 1 saturated heterocycles. The number of rotatable bonds is 9. The second kappa shape index (κ2) is 13.5. The molecule has 0 radical (unpaired) electrons. The van der Waals surface area contributed by atoms with Crippen LogP contribution in [0.2, 0.25) is 0 Å². The lowest BCUT2D eigenvalue weighted by Gasteiger charge is -2.20. The minimum Gasteiger partial charge on any atom is -0.494 e. The van der Waals surface area contributed by atoms with Gasteiger partial charge >= 0.3 is 0 Å². The smallest absolute Gasteiger partial charge is 0.266 e. The largest absolute Gasteiger partial charge is 0.494 e. The monoisotopic (exact) mass is 595 g/mol. The van der Waals surface area contributed by atoms with Gasteiger partial charge in [0.25, 0.3) is 5.91 Å². The predicted molar refractivity (Wildman–Crippen MR) is 166 cm³/mol. The lowest BCUT2D eigenvalue weighted by Crippen LogP contribution is -2.31. The van der Waals surface area contributed by atoms with Crippen molar-refractivity contribution in [2.75, 3.05) is 25.0 Å². The molecule has 0 unspecified atom stereocenters. The van der Waals surface area contributed by atoms with E-state index >= 15 is 0 Å². The molecule has 1 N–H and O–H groups in total. The highest BCUT2D eigenvalue weighted by atomic mass is 32.2. The number of hydrogen-bond donors (Lipinski definition) is 1. The number of nitrogens with one attached hydrogen (secondary N) is 1. The van der Waals surface area contributed by atoms with E-state index in [4.69, 9.17) is 9.84 Å². The molecule has 9 nitrogen and oxygen atoms in total. The van der Waals surface area contributed by atoms with Crippen LogP contribution in [0.3, 0.4) is 0 Å². The van der Waals surface area contributed by atoms with Gasteiger partial charge in [0.2, 0.25) is 10.0 Å². The number of carbonyl (C=O) groups excluding carboxylic acids is 1. The van der Waals surface area contributed by atoms with Crippen LogP contribution in [0.15, 0.2) is 95.5 Å². The third-order valence-corrected chi connectivity index (χ3v) is 9.06. The van der Waals surface area contributed by atoms with Gasteiger partial charge in [-0.05, 0) is 74.4 Å². The summed E-state index contributed by atoms with van der Waals surface area (Å²) in [5.74, 6) is 0.0946. The van der Waals surface area contributed by atoms with Gasteiger partial charge in [-0.15, -0.1) is 0 Å². The molecule has 5 rings (SSSR count). The van der Waals surface area contributed by atoms with Gasteiger partial charge in [-0.25, -0.2) is 13.1 Å². The predicted octanol–water partition coefficient (Wildman–Crippen LogP) is 6.05. The quantitative estimate of drug-likeness (QED) is 0.186. The van der Waals surface area contributed by atoms with Crippen LogP contribution in [-0.4, -0.2) is 48.1 Å². The van der Waals surface area contributed by atoms with Crippen LogP contribution < -0.4 is 10.1 Å². The fraction of sp³-hybridized carbons (Fsp3) is 0.242. The van der Waals surface area contributed by atoms with E-state index in [0.29, 0.717) is 48.0 Å². The lowest BCUT2D eigenvalue weighted by atomic mass is 10.1. The molecular weight excluding hydrogens is 562 g/mol. The maximum atomic E-state index is 13.6. The van der Waals surface area contributed by atoms with Crippen LogP contribution in [0.1, 0.15) is 38.2 Å². The number of nitrogens with zero attached hydrogens (tertiary/aromatic N) is 4. The number of carbonyl (C=O) groups is 1. The molecule has 0 atom stereocenters. The molecule has 1 aliphatic rings. The highest BCUT2D eigenvalue weighted by Crippen LogP contribution is 2.29. The third kappa shape index (κ3) is 7.02. The van der Waals surface area contributed by atoms with Crippen molar-refractivity contribution in [1.29, 1.82) is 5.26 Å². The standard InChI is InChI=1S/C33H33N5O4S/c1-2-42-30-17-15-28(16-18-30)35-33(39)26(23-34)21-27-24-38(29-12-6-5-7-13-29)36-32(27)25-11-10-14-31(22-25)43(40,41)37-19-8-3-4-9-20-37/h5-7,10-18,21-22,24H,2-4,8-9,19-20H2,1H3,(H,35,39)/b26-21-. The number of anilines is 1. The number of para-hydroxylation sites is 1. The Morgan fingerprint density at radius 1 is 1.00 bits per heavy atom. The second-order valence-electron chi connectivity index (χ2n) is 10.1. The van der Waals surface area contributed by atoms with Crippen LogP contribution in [0.5, 0.6) is 5.75 Å². The highest BCUT2D eigenvalue weighted by molar-refractivity contribution is 7.89. The summed E-state index contributed by atoms with van der Waals surface area (Å²) in [5, 5.41) is 17.5. The van der Waals surface area contributed by atoms with Gasteiger partial charge in [0.15, 0.2) is 0 Å². The van der Waals surface area contributed by atoms with Crippen LogP contribution in [-0.2, 0) is 14.8 Å². The second-order valence-corrected chi connectivity index (χ2v) is 12.1. The summed E-state index contributed by atoms with van der Waals surface area (Å²) in [6.07, 6.45) is 6.91. The first-order valence-electron chi connectivity index (χ1n) is 14.3. The molecule has 0 spiro atoms. The first kappa shape index (κ1) is 29.8. The summed E-state index contributed by atoms with van der Waals surface area (Å²) in [7, 11) is -3.70. The Balaban J connectivity index is 1.52. The lowest BCUT2D eigenvalue weighted by molar-refractivity contribution is -0.112. The molecule has 0 bridgehead atoms. The number of benzene rings is 3. The van der Waals surface area contributed by atoms with Crippen LogP contribution in [0, 0.1) is 11.3 Å². The van der Waals surface area contributed by atoms with Gasteiger partial charge in [-0.1, -0.05) is 43.2 Å². The van der Waals surface area contributed by atoms with Crippen molar-refractivity contribution in [3.8, 4) is 28.8 Å². The molecule has 1 aromatic heterocycles. The zero-order chi connectivity index (χ0) is 30.2. The minimum absolute atomic E-state index is 0.129. The SMILES string of the molecule is CCOc1ccc(NC(=O)/C(C#N)=C\c2cn(-c3ccccc3)nc2-c2cccc(S(=O)(=O)N3CCCCCC3)c2)cc1. The molecule has 0 aliphatic carbocycles. The fourth-order valence-electron chi connectivity index (χ4n) is 4.97. The molecule has 220 valence electrons. The zero-order valence-corrected chi connectivity index (χ0v) is 24.8. The Morgan fingerprint density at radius 2 is 1.72 bits per heavy atom. The van der Waals surface area contributed by atoms with Gasteiger partial charge < -0.3 is 10.1 Å². The van der Waals surface area contributed by atoms with E-state index in [1.807, 2.05) is 43.3 Å². The molecule has 1 aliphatic heterocycles. The summed E-state index contributed by atoms with van der Waals surface area (Å²) < 4.78 is 35.8. The summed E-state index contributed by atoms with van der Waals surface area (Å²) in [6, 6.07) is 25.0. The number of sulfonamides is 1. The highest BCUT2D eigenvalue weighted by Gasteiger charge is 2.26. The molecular formula is C33H33N5O4S. The van der Waals surface area contributed by atoms with Crippen molar-refractivity contribution in [3.63, 3.8) is 0 Å². The Hall–Kier alpha value is -4.72. The molecule has 1 amide bonds. The van der Waals surface area contributed by atoms with Crippen molar-refractivity contribution < 1.29 is 17.9 Å². The summed E-state index contributed by atoms with van der Waals surface area (Å²) in [5.41, 5.74) is 2.65. The van der Waals surface area contributed by atoms with Crippen LogP contribution >= 0.6 is 0 Å². The van der Waals surface area contributed by atoms with Crippen molar-refractivity contribution in [1.82, 2.24) is 14.1 Å². The molecule has 10 heteroatoms. The number of amides is 1. The molecule has 4 aromatic rings. The molecule has 0 saturated carbocycles. The topological polar surface area (TPSA) is 117 Å². The maximum Gasteiger partial charge on any atom is 0.266 e. The number of ether oxygens (including phenoxy) is 1. The molecule has 2 heterocycles. The van der Waals surface area contributed by atoms with E-state index in [9.17, 15) is 18.5 Å². The van der Waals surface area contributed by atoms with Gasteiger partial charge in [0.05, 0.1) is 17.2 Å². The fourth-order valence-corrected chi connectivity index (χ4v) is 6.53. The first-order chi connectivity index (χ1) is 20.9. The number of aromatic nitrogens is 2. The van der Waals surface area contributed by atoms with Gasteiger partial charge in [0, 0.05) is 36.1 Å². The minimum atomic E-state index is -3.70. The molecule has 1 fully saturated rings. The van der Waals surface area contributed by atoms with Crippen molar-refractivity contribution in [2.45, 2.75) is 37.5 Å². The average Bonchev–Trinajstić information content (AvgIpc) is 3.25. The van der Waals surface area contributed by atoms with Gasteiger partial charge in [-0.3, -0.25) is 4.79 Å². The van der Waals surface area contributed by atoms with E-state index in [1.54, 1.807) is 63.7 Å². The number of nitriles is 1. The first-order valence-corrected chi connectivity index (χ1v) is 15.7. The van der Waals surface area contributed by atoms with E-state index in [0.717, 1.165) is 31.4 Å². The Morgan fingerprint density at radius 3 is 2.40 bits per heavy atom. The zero-order valence-electron chi connectivity index (χ0n) is 23.9. The summed E-state index contributed by atoms with van der Waals surface area (Å²) >= 11 is 0. The number of hydrogen-bond acceptors (Lipinski definition) is 6. The van der Waals surface area contributed by atoms with Gasteiger partial charge in [-0.2, -0.15) is 14.7 Å². The molecule has 3 aromatic carbocycles. The Kier molecular flexibility index (Phi) is 9.35. The van der Waals surface area contributed by atoms with Crippen molar-refractivity contribution in [3.05, 3.63) is 96.2 Å². The summed E-state index contributed by atoms with van der Waals surface area (Å²) in [6.45, 7) is 3.41. The average molecular weight is 596 g/mol. The normalized spacial score (nSPS) is 14.5. The van der Waals surface area contributed by atoms with E-state index < -0.39 is 15.9 Å². The summed E-state index contributed by atoms with van der Waals surface area (Å²) in [4.78, 5) is 13.3. The van der Waals surface area contributed by atoms with E-state index in [1.165, 1.54) is 6.08 Å². The maximum absolute atomic E-state index is 13.6. The van der Waals surface area contributed by atoms with Crippen molar-refractivity contribution >= 4 is 27.7 Å². The third-order valence-electron chi connectivity index (χ3n) is 7.16. The van der Waals surface area contributed by atoms with E-state index in [-0.39, 0.29) is 10.5 Å². The van der Waals surface area contributed by atoms with Crippen LogP contribution in [0.4, 0.5) is 5.69 Å².